The highest BCUT2D eigenvalue weighted by Gasteiger charge is 2.20. The highest BCUT2D eigenvalue weighted by Crippen LogP contribution is 2.21. The van der Waals surface area contributed by atoms with E-state index in [1.54, 1.807) is 14.0 Å². The first kappa shape index (κ1) is 13.0. The van der Waals surface area contributed by atoms with Gasteiger partial charge in [-0.1, -0.05) is 12.1 Å². The van der Waals surface area contributed by atoms with E-state index in [9.17, 15) is 5.11 Å². The van der Waals surface area contributed by atoms with Crippen LogP contribution in [-0.2, 0) is 10.3 Å². The molecule has 0 heterocycles. The predicted molar refractivity (Wildman–Crippen MR) is 62.4 cm³/mol. The predicted octanol–water partition coefficient (Wildman–Crippen LogP) is 0.878. The number of ether oxygens (including phenoxy) is 2. The zero-order valence-corrected chi connectivity index (χ0v) is 9.77. The van der Waals surface area contributed by atoms with E-state index in [2.05, 4.69) is 0 Å². The monoisotopic (exact) mass is 225 g/mol. The number of hydrogen-bond donors (Lipinski definition) is 2. The number of methoxy groups -OCH3 is 1. The van der Waals surface area contributed by atoms with Crippen LogP contribution >= 0.6 is 0 Å². The van der Waals surface area contributed by atoms with Crippen molar-refractivity contribution in [2.75, 3.05) is 26.9 Å². The molecule has 1 aromatic carbocycles. The SMILES string of the molecule is COCCOc1ccc(C(C)(O)CN)cc1. The van der Waals surface area contributed by atoms with Crippen LogP contribution in [0.4, 0.5) is 0 Å². The molecule has 16 heavy (non-hydrogen) atoms. The van der Waals surface area contributed by atoms with E-state index in [0.29, 0.717) is 13.2 Å². The topological polar surface area (TPSA) is 64.7 Å². The van der Waals surface area contributed by atoms with Gasteiger partial charge in [0, 0.05) is 13.7 Å². The van der Waals surface area contributed by atoms with Crippen molar-refractivity contribution in [1.82, 2.24) is 0 Å². The van der Waals surface area contributed by atoms with Gasteiger partial charge in [-0.25, -0.2) is 0 Å². The molecule has 0 aliphatic carbocycles. The molecular formula is C12H19NO3. The van der Waals surface area contributed by atoms with Crippen molar-refractivity contribution >= 4 is 0 Å². The Labute approximate surface area is 96.0 Å². The summed E-state index contributed by atoms with van der Waals surface area (Å²) in [5.41, 5.74) is 5.28. The maximum Gasteiger partial charge on any atom is 0.119 e. The minimum atomic E-state index is -0.981. The van der Waals surface area contributed by atoms with Crippen molar-refractivity contribution in [3.63, 3.8) is 0 Å². The van der Waals surface area contributed by atoms with Gasteiger partial charge in [-0.2, -0.15) is 0 Å². The lowest BCUT2D eigenvalue weighted by Crippen LogP contribution is -2.31. The third kappa shape index (κ3) is 3.48. The molecule has 0 aromatic heterocycles. The average Bonchev–Trinajstić information content (AvgIpc) is 2.30. The molecule has 4 heteroatoms. The van der Waals surface area contributed by atoms with E-state index in [1.807, 2.05) is 24.3 Å². The van der Waals surface area contributed by atoms with Gasteiger partial charge in [-0.3, -0.25) is 0 Å². The first-order valence-corrected chi connectivity index (χ1v) is 5.25. The van der Waals surface area contributed by atoms with Gasteiger partial charge in [-0.05, 0) is 24.6 Å². The minimum absolute atomic E-state index is 0.191. The molecule has 90 valence electrons. The van der Waals surface area contributed by atoms with Crippen LogP contribution in [0.25, 0.3) is 0 Å². The average molecular weight is 225 g/mol. The van der Waals surface area contributed by atoms with Crippen LogP contribution in [0.3, 0.4) is 0 Å². The van der Waals surface area contributed by atoms with Gasteiger partial charge in [0.1, 0.15) is 12.4 Å². The van der Waals surface area contributed by atoms with Crippen LogP contribution < -0.4 is 10.5 Å². The molecule has 3 N–H and O–H groups in total. The summed E-state index contributed by atoms with van der Waals surface area (Å²) < 4.78 is 10.3. The van der Waals surface area contributed by atoms with Crippen LogP contribution in [0.5, 0.6) is 5.75 Å². The van der Waals surface area contributed by atoms with Crippen LogP contribution in [0.2, 0.25) is 0 Å². The van der Waals surface area contributed by atoms with Crippen molar-refractivity contribution in [2.45, 2.75) is 12.5 Å². The van der Waals surface area contributed by atoms with Crippen LogP contribution in [0.15, 0.2) is 24.3 Å². The molecule has 0 aliphatic heterocycles. The molecule has 0 aliphatic rings. The van der Waals surface area contributed by atoms with Gasteiger partial charge in [-0.15, -0.1) is 0 Å². The lowest BCUT2D eigenvalue weighted by atomic mass is 9.96. The molecule has 0 saturated carbocycles. The highest BCUT2D eigenvalue weighted by molar-refractivity contribution is 5.30. The van der Waals surface area contributed by atoms with E-state index in [-0.39, 0.29) is 6.54 Å². The third-order valence-electron chi connectivity index (χ3n) is 2.43. The van der Waals surface area contributed by atoms with Crippen molar-refractivity contribution in [2.24, 2.45) is 5.73 Å². The molecule has 1 rings (SSSR count). The smallest absolute Gasteiger partial charge is 0.119 e. The third-order valence-corrected chi connectivity index (χ3v) is 2.43. The molecule has 1 aromatic rings. The maximum atomic E-state index is 9.91. The molecule has 1 unspecified atom stereocenters. The molecule has 4 nitrogen and oxygen atoms in total. The van der Waals surface area contributed by atoms with Gasteiger partial charge in [0.15, 0.2) is 0 Å². The van der Waals surface area contributed by atoms with Gasteiger partial charge < -0.3 is 20.3 Å². The van der Waals surface area contributed by atoms with Crippen molar-refractivity contribution in [3.05, 3.63) is 29.8 Å². The number of hydrogen-bond acceptors (Lipinski definition) is 4. The fourth-order valence-electron chi connectivity index (χ4n) is 1.27. The summed E-state index contributed by atoms with van der Waals surface area (Å²) in [7, 11) is 1.63. The largest absolute Gasteiger partial charge is 0.491 e. The van der Waals surface area contributed by atoms with Crippen LogP contribution in [0.1, 0.15) is 12.5 Å². The first-order chi connectivity index (χ1) is 7.60. The van der Waals surface area contributed by atoms with Gasteiger partial charge in [0.25, 0.3) is 0 Å². The first-order valence-electron chi connectivity index (χ1n) is 5.25. The van der Waals surface area contributed by atoms with Crippen LogP contribution in [-0.4, -0.2) is 32.0 Å². The van der Waals surface area contributed by atoms with Crippen molar-refractivity contribution < 1.29 is 14.6 Å². The molecular weight excluding hydrogens is 206 g/mol. The molecule has 1 atom stereocenters. The Kier molecular flexibility index (Phi) is 4.73. The van der Waals surface area contributed by atoms with E-state index in [1.165, 1.54) is 0 Å². The summed E-state index contributed by atoms with van der Waals surface area (Å²) >= 11 is 0. The Balaban J connectivity index is 2.61. The molecule has 0 bridgehead atoms. The van der Waals surface area contributed by atoms with Gasteiger partial charge in [0.2, 0.25) is 0 Å². The minimum Gasteiger partial charge on any atom is -0.491 e. The standard InChI is InChI=1S/C12H19NO3/c1-12(14,9-13)10-3-5-11(6-4-10)16-8-7-15-2/h3-6,14H,7-9,13H2,1-2H3. The zero-order chi connectivity index (χ0) is 12.0. The number of benzene rings is 1. The summed E-state index contributed by atoms with van der Waals surface area (Å²) in [5.74, 6) is 0.758. The molecule has 0 spiro atoms. The fraction of sp³-hybridized carbons (Fsp3) is 0.500. The van der Waals surface area contributed by atoms with Gasteiger partial charge in [0.05, 0.1) is 12.2 Å². The maximum absolute atomic E-state index is 9.91. The summed E-state index contributed by atoms with van der Waals surface area (Å²) in [6, 6.07) is 7.26. The lowest BCUT2D eigenvalue weighted by Gasteiger charge is -2.21. The summed E-state index contributed by atoms with van der Waals surface area (Å²) in [5, 5.41) is 9.91. The van der Waals surface area contributed by atoms with Crippen molar-refractivity contribution in [1.29, 1.82) is 0 Å². The molecule has 0 amide bonds. The summed E-state index contributed by atoms with van der Waals surface area (Å²) in [6.45, 7) is 2.95. The van der Waals surface area contributed by atoms with E-state index >= 15 is 0 Å². The van der Waals surface area contributed by atoms with E-state index in [4.69, 9.17) is 15.2 Å². The van der Waals surface area contributed by atoms with Crippen LogP contribution in [0, 0.1) is 0 Å². The Bertz CT molecular complexity index is 309. The number of nitrogens with two attached hydrogens (primary N) is 1. The second-order valence-corrected chi connectivity index (χ2v) is 3.84. The Morgan fingerprint density at radius 3 is 2.38 bits per heavy atom. The summed E-state index contributed by atoms with van der Waals surface area (Å²) in [6.07, 6.45) is 0. The Morgan fingerprint density at radius 1 is 1.25 bits per heavy atom. The molecule has 0 fully saturated rings. The Hall–Kier alpha value is -1.10. The fourth-order valence-corrected chi connectivity index (χ4v) is 1.27. The Morgan fingerprint density at radius 2 is 1.88 bits per heavy atom. The molecule has 0 radical (unpaired) electrons. The molecule has 0 saturated heterocycles. The number of aliphatic hydroxyl groups is 1. The quantitative estimate of drug-likeness (QED) is 0.705. The second-order valence-electron chi connectivity index (χ2n) is 3.84. The summed E-state index contributed by atoms with van der Waals surface area (Å²) in [4.78, 5) is 0. The normalized spacial score (nSPS) is 14.5. The second kappa shape index (κ2) is 5.84. The van der Waals surface area contributed by atoms with E-state index < -0.39 is 5.60 Å². The van der Waals surface area contributed by atoms with Crippen molar-refractivity contribution in [3.8, 4) is 5.75 Å². The number of rotatable bonds is 6. The zero-order valence-electron chi connectivity index (χ0n) is 9.77. The van der Waals surface area contributed by atoms with Gasteiger partial charge >= 0.3 is 0 Å². The van der Waals surface area contributed by atoms with E-state index in [0.717, 1.165) is 11.3 Å². The lowest BCUT2D eigenvalue weighted by molar-refractivity contribution is 0.0667. The highest BCUT2D eigenvalue weighted by atomic mass is 16.5.